The van der Waals surface area contributed by atoms with Gasteiger partial charge in [-0.1, -0.05) is 33.3 Å². The summed E-state index contributed by atoms with van der Waals surface area (Å²) in [6.45, 7) is 11.0. The molecule has 0 radical (unpaired) electrons. The summed E-state index contributed by atoms with van der Waals surface area (Å²) in [5.41, 5.74) is 2.97. The average Bonchev–Trinajstić information content (AvgIpc) is 3.15. The van der Waals surface area contributed by atoms with Crippen LogP contribution in [0.2, 0.25) is 0 Å². The number of hydrogen-bond donors (Lipinski definition) is 2. The van der Waals surface area contributed by atoms with Gasteiger partial charge in [0.15, 0.2) is 5.82 Å². The van der Waals surface area contributed by atoms with Gasteiger partial charge >= 0.3 is 0 Å². The van der Waals surface area contributed by atoms with Gasteiger partial charge in [-0.2, -0.15) is 0 Å². The fraction of sp³-hybridized carbons (Fsp3) is 0.565. The minimum Gasteiger partial charge on any atom is -0.508 e. The summed E-state index contributed by atoms with van der Waals surface area (Å²) in [5.74, 6) is 2.54. The predicted molar refractivity (Wildman–Crippen MR) is 111 cm³/mol. The average molecular weight is 382 g/mol. The highest BCUT2D eigenvalue weighted by molar-refractivity contribution is 5.64. The molecule has 2 heterocycles. The number of aromatic amines is 1. The van der Waals surface area contributed by atoms with Crippen molar-refractivity contribution in [2.45, 2.75) is 77.2 Å². The Bertz CT molecular complexity index is 897. The molecule has 0 saturated carbocycles. The first-order chi connectivity index (χ1) is 13.2. The third-order valence-electron chi connectivity index (χ3n) is 6.68. The van der Waals surface area contributed by atoms with Crippen molar-refractivity contribution in [3.63, 3.8) is 0 Å². The fourth-order valence-electron chi connectivity index (χ4n) is 5.11. The summed E-state index contributed by atoms with van der Waals surface area (Å²) >= 11 is 0. The number of allylic oxidation sites excluding steroid dienone is 2. The van der Waals surface area contributed by atoms with Gasteiger partial charge < -0.3 is 14.8 Å². The first-order valence-electron chi connectivity index (χ1n) is 10.3. The van der Waals surface area contributed by atoms with Crippen molar-refractivity contribution in [2.75, 3.05) is 0 Å². The highest BCUT2D eigenvalue weighted by atomic mass is 16.5. The van der Waals surface area contributed by atoms with E-state index in [0.29, 0.717) is 11.7 Å². The minimum absolute atomic E-state index is 0.00305. The molecule has 0 unspecified atom stereocenters. The zero-order valence-corrected chi connectivity index (χ0v) is 17.5. The third kappa shape index (κ3) is 3.11. The van der Waals surface area contributed by atoms with Gasteiger partial charge in [0.25, 0.3) is 0 Å². The summed E-state index contributed by atoms with van der Waals surface area (Å²) in [4.78, 5) is 3.12. The zero-order valence-electron chi connectivity index (χ0n) is 17.5. The molecular formula is C23H31N3O2. The lowest BCUT2D eigenvalue weighted by molar-refractivity contribution is 0.00906. The van der Waals surface area contributed by atoms with E-state index in [1.54, 1.807) is 6.33 Å². The smallest absolute Gasteiger partial charge is 0.156 e. The van der Waals surface area contributed by atoms with E-state index in [9.17, 15) is 5.11 Å². The van der Waals surface area contributed by atoms with E-state index in [1.165, 1.54) is 0 Å². The van der Waals surface area contributed by atoms with Crippen LogP contribution in [-0.2, 0) is 5.41 Å². The summed E-state index contributed by atoms with van der Waals surface area (Å²) in [6.07, 6.45) is 7.75. The Morgan fingerprint density at radius 1 is 1.32 bits per heavy atom. The van der Waals surface area contributed by atoms with Crippen LogP contribution in [0.25, 0.3) is 5.57 Å². The Hall–Kier alpha value is -2.30. The van der Waals surface area contributed by atoms with Crippen molar-refractivity contribution in [2.24, 2.45) is 5.92 Å². The number of rotatable bonds is 4. The van der Waals surface area contributed by atoms with Crippen molar-refractivity contribution in [1.82, 2.24) is 15.2 Å². The molecule has 2 aliphatic rings. The van der Waals surface area contributed by atoms with E-state index in [1.807, 2.05) is 6.07 Å². The summed E-state index contributed by atoms with van der Waals surface area (Å²) < 4.78 is 6.48. The van der Waals surface area contributed by atoms with Crippen LogP contribution < -0.4 is 4.74 Å². The Morgan fingerprint density at radius 2 is 2.11 bits per heavy atom. The molecule has 5 heteroatoms. The summed E-state index contributed by atoms with van der Waals surface area (Å²) in [5, 5.41) is 19.2. The van der Waals surface area contributed by atoms with Crippen LogP contribution in [0.15, 0.2) is 24.5 Å². The van der Waals surface area contributed by atoms with Gasteiger partial charge in [-0.3, -0.25) is 0 Å². The maximum absolute atomic E-state index is 11.1. The lowest BCUT2D eigenvalue weighted by Gasteiger charge is -2.47. The number of phenols is 1. The van der Waals surface area contributed by atoms with E-state index >= 15 is 0 Å². The minimum atomic E-state index is -0.291. The summed E-state index contributed by atoms with van der Waals surface area (Å²) in [7, 11) is 0. The number of H-pyrrole nitrogens is 1. The first kappa shape index (κ1) is 19.0. The molecule has 1 aliphatic carbocycles. The number of aromatic hydroxyl groups is 1. The molecule has 2 aromatic rings. The van der Waals surface area contributed by atoms with Crippen LogP contribution in [0, 0.1) is 5.92 Å². The van der Waals surface area contributed by atoms with Crippen LogP contribution in [0.4, 0.5) is 0 Å². The molecule has 0 amide bonds. The van der Waals surface area contributed by atoms with Crippen LogP contribution in [-0.4, -0.2) is 25.9 Å². The van der Waals surface area contributed by atoms with Gasteiger partial charge in [-0.05, 0) is 61.8 Å². The first-order valence-corrected chi connectivity index (χ1v) is 10.3. The molecule has 2 atom stereocenters. The molecule has 150 valence electrons. The van der Waals surface area contributed by atoms with Gasteiger partial charge in [0.05, 0.1) is 0 Å². The van der Waals surface area contributed by atoms with Crippen molar-refractivity contribution in [3.05, 3.63) is 41.5 Å². The van der Waals surface area contributed by atoms with E-state index in [-0.39, 0.29) is 16.9 Å². The Kier molecular flexibility index (Phi) is 4.52. The Labute approximate surface area is 167 Å². The van der Waals surface area contributed by atoms with Gasteiger partial charge in [0.2, 0.25) is 0 Å². The van der Waals surface area contributed by atoms with E-state index < -0.39 is 0 Å². The number of fused-ring (bicyclic) bond motifs is 3. The molecule has 4 rings (SSSR count). The molecule has 5 nitrogen and oxygen atoms in total. The fourth-order valence-corrected chi connectivity index (χ4v) is 5.11. The second kappa shape index (κ2) is 6.64. The van der Waals surface area contributed by atoms with E-state index in [4.69, 9.17) is 4.74 Å². The molecule has 1 aromatic heterocycles. The molecule has 0 bridgehead atoms. The summed E-state index contributed by atoms with van der Waals surface area (Å²) in [6, 6.07) is 4.12. The SMILES string of the molecule is CCCC(C)(C)c1cc(O)c2c(c1)OC(C)(C)[C@@H]1CC=C(c3nnc[nH]3)C[C@@H]21. The third-order valence-corrected chi connectivity index (χ3v) is 6.68. The largest absolute Gasteiger partial charge is 0.508 e. The lowest BCUT2D eigenvalue weighted by atomic mass is 9.66. The monoisotopic (exact) mass is 381 g/mol. The standard InChI is InChI=1S/C23H31N3O2/c1-6-9-22(2,3)15-11-18(27)20-16-10-14(21-24-13-25-26-21)7-8-17(16)23(4,5)28-19(20)12-15/h7,11-13,16-17,27H,6,8-10H2,1-5H3,(H,24,25,26)/t16-,17-/m1/s1. The van der Waals surface area contributed by atoms with Crippen LogP contribution in [0.3, 0.4) is 0 Å². The lowest BCUT2D eigenvalue weighted by Crippen LogP contribution is -2.45. The van der Waals surface area contributed by atoms with Crippen molar-refractivity contribution in [3.8, 4) is 11.5 Å². The molecule has 0 saturated heterocycles. The molecule has 0 fully saturated rings. The Morgan fingerprint density at radius 3 is 2.79 bits per heavy atom. The van der Waals surface area contributed by atoms with Gasteiger partial charge in [0.1, 0.15) is 23.4 Å². The quantitative estimate of drug-likeness (QED) is 0.750. The molecular weight excluding hydrogens is 350 g/mol. The molecule has 0 spiro atoms. The number of nitrogens with zero attached hydrogens (tertiary/aromatic N) is 2. The molecule has 2 N–H and O–H groups in total. The number of phenolic OH excluding ortho intramolecular Hbond substituents is 1. The topological polar surface area (TPSA) is 71.0 Å². The Balaban J connectivity index is 1.78. The molecule has 1 aromatic carbocycles. The zero-order chi connectivity index (χ0) is 20.1. The highest BCUT2D eigenvalue weighted by Gasteiger charge is 2.46. The van der Waals surface area contributed by atoms with Crippen LogP contribution in [0.5, 0.6) is 11.5 Å². The number of hydrogen-bond acceptors (Lipinski definition) is 4. The number of ether oxygens (including phenoxy) is 1. The predicted octanol–water partition coefficient (Wildman–Crippen LogP) is 5.34. The number of nitrogens with one attached hydrogen (secondary N) is 1. The van der Waals surface area contributed by atoms with Crippen LogP contribution in [0.1, 0.15) is 83.2 Å². The second-order valence-electron chi connectivity index (χ2n) is 9.47. The molecule has 28 heavy (non-hydrogen) atoms. The number of aromatic nitrogens is 3. The van der Waals surface area contributed by atoms with E-state index in [0.717, 1.165) is 54.0 Å². The molecule has 1 aliphatic heterocycles. The van der Waals surface area contributed by atoms with Crippen molar-refractivity contribution in [1.29, 1.82) is 0 Å². The maximum Gasteiger partial charge on any atom is 0.156 e. The maximum atomic E-state index is 11.1. The second-order valence-corrected chi connectivity index (χ2v) is 9.47. The number of benzene rings is 1. The normalized spacial score (nSPS) is 23.4. The van der Waals surface area contributed by atoms with Gasteiger partial charge in [-0.15, -0.1) is 10.2 Å². The van der Waals surface area contributed by atoms with Crippen molar-refractivity contribution < 1.29 is 9.84 Å². The van der Waals surface area contributed by atoms with Gasteiger partial charge in [-0.25, -0.2) is 0 Å². The van der Waals surface area contributed by atoms with E-state index in [2.05, 4.69) is 61.9 Å². The van der Waals surface area contributed by atoms with Crippen molar-refractivity contribution >= 4 is 5.57 Å². The van der Waals surface area contributed by atoms with Crippen LogP contribution >= 0.6 is 0 Å². The van der Waals surface area contributed by atoms with Gasteiger partial charge in [0, 0.05) is 17.4 Å². The highest BCUT2D eigenvalue weighted by Crippen LogP contribution is 2.55.